The number of hydrogen-bond donors (Lipinski definition) is 2. The molecule has 0 saturated heterocycles. The molecule has 0 aliphatic carbocycles. The predicted molar refractivity (Wildman–Crippen MR) is 96.5 cm³/mol. The van der Waals surface area contributed by atoms with E-state index in [1.807, 2.05) is 0 Å². The van der Waals surface area contributed by atoms with Crippen LogP contribution in [0.4, 0.5) is 10.1 Å². The average molecular weight is 381 g/mol. The molecule has 0 radical (unpaired) electrons. The predicted octanol–water partition coefficient (Wildman–Crippen LogP) is 3.25. The number of carbonyl (C=O) groups excluding carboxylic acids is 2. The number of carbonyl (C=O) groups is 2. The summed E-state index contributed by atoms with van der Waals surface area (Å²) < 4.78 is 23.3. The Kier molecular flexibility index (Phi) is 6.80. The zero-order valence-electron chi connectivity index (χ0n) is 14.3. The smallest absolute Gasteiger partial charge is 0.251 e. The number of amides is 2. The maximum atomic E-state index is 13.1. The van der Waals surface area contributed by atoms with Crippen molar-refractivity contribution in [1.82, 2.24) is 5.32 Å². The van der Waals surface area contributed by atoms with Gasteiger partial charge in [-0.1, -0.05) is 11.6 Å². The van der Waals surface area contributed by atoms with E-state index in [0.29, 0.717) is 22.7 Å². The summed E-state index contributed by atoms with van der Waals surface area (Å²) in [7, 11) is 2.98. The van der Waals surface area contributed by atoms with E-state index in [0.717, 1.165) is 6.07 Å². The van der Waals surface area contributed by atoms with Gasteiger partial charge in [-0.05, 0) is 30.3 Å². The van der Waals surface area contributed by atoms with Gasteiger partial charge in [-0.3, -0.25) is 9.59 Å². The molecule has 0 spiro atoms. The van der Waals surface area contributed by atoms with Crippen molar-refractivity contribution < 1.29 is 23.5 Å². The third-order valence-corrected chi connectivity index (χ3v) is 3.74. The van der Waals surface area contributed by atoms with Crippen molar-refractivity contribution in [3.8, 4) is 11.5 Å². The Labute approximate surface area is 155 Å². The molecule has 0 aliphatic rings. The lowest BCUT2D eigenvalue weighted by atomic mass is 10.2. The summed E-state index contributed by atoms with van der Waals surface area (Å²) in [4.78, 5) is 24.1. The molecule has 0 aliphatic heterocycles. The van der Waals surface area contributed by atoms with Crippen LogP contribution in [-0.4, -0.2) is 32.6 Å². The van der Waals surface area contributed by atoms with Gasteiger partial charge < -0.3 is 20.1 Å². The fourth-order valence-corrected chi connectivity index (χ4v) is 2.31. The monoisotopic (exact) mass is 380 g/mol. The Hall–Kier alpha value is -2.80. The van der Waals surface area contributed by atoms with E-state index in [4.69, 9.17) is 21.1 Å². The van der Waals surface area contributed by atoms with Gasteiger partial charge in [-0.2, -0.15) is 0 Å². The zero-order valence-corrected chi connectivity index (χ0v) is 15.0. The van der Waals surface area contributed by atoms with Crippen LogP contribution in [0.2, 0.25) is 5.02 Å². The topological polar surface area (TPSA) is 76.7 Å². The Morgan fingerprint density at radius 3 is 2.31 bits per heavy atom. The Balaban J connectivity index is 1.87. The first-order valence-electron chi connectivity index (χ1n) is 7.69. The summed E-state index contributed by atoms with van der Waals surface area (Å²) in [6.45, 7) is 0.124. The highest BCUT2D eigenvalue weighted by atomic mass is 35.5. The molecule has 0 fully saturated rings. The van der Waals surface area contributed by atoms with Crippen molar-refractivity contribution in [2.45, 2.75) is 6.42 Å². The van der Waals surface area contributed by atoms with Crippen LogP contribution in [0.25, 0.3) is 0 Å². The minimum Gasteiger partial charge on any atom is -0.497 e. The van der Waals surface area contributed by atoms with Crippen molar-refractivity contribution in [2.24, 2.45) is 0 Å². The Morgan fingerprint density at radius 1 is 1.08 bits per heavy atom. The van der Waals surface area contributed by atoms with Gasteiger partial charge in [-0.25, -0.2) is 4.39 Å². The Morgan fingerprint density at radius 2 is 1.73 bits per heavy atom. The van der Waals surface area contributed by atoms with E-state index in [1.165, 1.54) is 26.4 Å². The molecule has 0 atom stereocenters. The highest BCUT2D eigenvalue weighted by molar-refractivity contribution is 6.31. The quantitative estimate of drug-likeness (QED) is 0.773. The molecule has 0 saturated carbocycles. The van der Waals surface area contributed by atoms with Gasteiger partial charge in [0.2, 0.25) is 5.91 Å². The first kappa shape index (κ1) is 19.5. The van der Waals surface area contributed by atoms with Crippen molar-refractivity contribution in [3.05, 3.63) is 52.8 Å². The lowest BCUT2D eigenvalue weighted by molar-refractivity contribution is -0.116. The second-order valence-corrected chi connectivity index (χ2v) is 5.69. The molecular formula is C18H18ClFN2O4. The lowest BCUT2D eigenvalue weighted by Crippen LogP contribution is -2.27. The standard InChI is InChI=1S/C18H18ClFN2O4/c1-25-13-7-11(8-14(10-13)26-2)18(24)21-6-5-17(23)22-12-3-4-16(20)15(19)9-12/h3-4,7-10H,5-6H2,1-2H3,(H,21,24)(H,22,23). The number of nitrogens with one attached hydrogen (secondary N) is 2. The highest BCUT2D eigenvalue weighted by Gasteiger charge is 2.11. The fourth-order valence-electron chi connectivity index (χ4n) is 2.13. The largest absolute Gasteiger partial charge is 0.497 e. The van der Waals surface area contributed by atoms with Crippen LogP contribution in [0.5, 0.6) is 11.5 Å². The molecule has 138 valence electrons. The van der Waals surface area contributed by atoms with Gasteiger partial charge >= 0.3 is 0 Å². The maximum Gasteiger partial charge on any atom is 0.251 e. The van der Waals surface area contributed by atoms with Gasteiger partial charge in [0, 0.05) is 30.3 Å². The summed E-state index contributed by atoms with van der Waals surface area (Å²) in [5, 5.41) is 5.14. The first-order chi connectivity index (χ1) is 12.4. The Bertz CT molecular complexity index is 792. The van der Waals surface area contributed by atoms with Crippen LogP contribution in [0.15, 0.2) is 36.4 Å². The van der Waals surface area contributed by atoms with Crippen LogP contribution >= 0.6 is 11.6 Å². The van der Waals surface area contributed by atoms with E-state index in [1.54, 1.807) is 18.2 Å². The minimum atomic E-state index is -0.564. The van der Waals surface area contributed by atoms with Crippen LogP contribution in [0, 0.1) is 5.82 Å². The van der Waals surface area contributed by atoms with Gasteiger partial charge in [-0.15, -0.1) is 0 Å². The molecule has 0 unspecified atom stereocenters. The van der Waals surface area contributed by atoms with Gasteiger partial charge in [0.25, 0.3) is 5.91 Å². The third-order valence-electron chi connectivity index (χ3n) is 3.45. The molecule has 2 amide bonds. The van der Waals surface area contributed by atoms with Crippen LogP contribution < -0.4 is 20.1 Å². The molecule has 26 heavy (non-hydrogen) atoms. The highest BCUT2D eigenvalue weighted by Crippen LogP contribution is 2.22. The van der Waals surface area contributed by atoms with E-state index in [-0.39, 0.29) is 29.8 Å². The van der Waals surface area contributed by atoms with Crippen molar-refractivity contribution in [1.29, 1.82) is 0 Å². The number of rotatable bonds is 7. The summed E-state index contributed by atoms with van der Waals surface area (Å²) in [5.74, 6) is -0.289. The minimum absolute atomic E-state index is 0.0435. The van der Waals surface area contributed by atoms with E-state index >= 15 is 0 Å². The number of halogens is 2. The number of hydrogen-bond acceptors (Lipinski definition) is 4. The normalized spacial score (nSPS) is 10.2. The molecule has 0 aromatic heterocycles. The van der Waals surface area contributed by atoms with Crippen LogP contribution in [0.3, 0.4) is 0 Å². The molecule has 6 nitrogen and oxygen atoms in total. The number of methoxy groups -OCH3 is 2. The van der Waals surface area contributed by atoms with Crippen molar-refractivity contribution in [3.63, 3.8) is 0 Å². The maximum absolute atomic E-state index is 13.1. The van der Waals surface area contributed by atoms with Crippen LogP contribution in [0.1, 0.15) is 16.8 Å². The van der Waals surface area contributed by atoms with Crippen molar-refractivity contribution in [2.75, 3.05) is 26.1 Å². The molecule has 2 rings (SSSR count). The summed E-state index contributed by atoms with van der Waals surface area (Å²) >= 11 is 5.66. The molecule has 2 aromatic rings. The molecular weight excluding hydrogens is 363 g/mol. The van der Waals surface area contributed by atoms with Gasteiger partial charge in [0.05, 0.1) is 19.2 Å². The van der Waals surface area contributed by atoms with Crippen LogP contribution in [-0.2, 0) is 4.79 Å². The SMILES string of the molecule is COc1cc(OC)cc(C(=O)NCCC(=O)Nc2ccc(F)c(Cl)c2)c1. The molecule has 0 bridgehead atoms. The number of anilines is 1. The van der Waals surface area contributed by atoms with Gasteiger partial charge in [0.15, 0.2) is 0 Å². The molecule has 2 N–H and O–H groups in total. The summed E-state index contributed by atoms with van der Waals surface area (Å²) in [6, 6.07) is 8.67. The first-order valence-corrected chi connectivity index (χ1v) is 8.07. The van der Waals surface area contributed by atoms with E-state index in [2.05, 4.69) is 10.6 Å². The summed E-state index contributed by atoms with van der Waals surface area (Å²) in [6.07, 6.45) is 0.0435. The molecule has 8 heteroatoms. The molecule has 2 aromatic carbocycles. The summed E-state index contributed by atoms with van der Waals surface area (Å²) in [5.41, 5.74) is 0.734. The average Bonchev–Trinajstić information content (AvgIpc) is 2.64. The number of ether oxygens (including phenoxy) is 2. The molecule has 0 heterocycles. The fraction of sp³-hybridized carbons (Fsp3) is 0.222. The third kappa shape index (κ3) is 5.35. The van der Waals surface area contributed by atoms with Crippen molar-refractivity contribution >= 4 is 29.1 Å². The second kappa shape index (κ2) is 9.05. The second-order valence-electron chi connectivity index (χ2n) is 5.28. The number of benzene rings is 2. The lowest BCUT2D eigenvalue weighted by Gasteiger charge is -2.10. The zero-order chi connectivity index (χ0) is 19.1. The van der Waals surface area contributed by atoms with E-state index < -0.39 is 5.82 Å². The van der Waals surface area contributed by atoms with Gasteiger partial charge in [0.1, 0.15) is 17.3 Å². The van der Waals surface area contributed by atoms with E-state index in [9.17, 15) is 14.0 Å².